The zero-order chi connectivity index (χ0) is 32.1. The van der Waals surface area contributed by atoms with E-state index in [9.17, 15) is 0 Å². The fourth-order valence-corrected chi connectivity index (χ4v) is 8.69. The Bertz CT molecular complexity index is 2440. The van der Waals surface area contributed by atoms with Crippen LogP contribution in [0.1, 0.15) is 68.9 Å². The Kier molecular flexibility index (Phi) is 5.97. The number of hydrogen-bond acceptors (Lipinski definition) is 2. The van der Waals surface area contributed by atoms with Crippen LogP contribution >= 0.6 is 0 Å². The third-order valence-electron chi connectivity index (χ3n) is 11.2. The number of hydrogen-bond donors (Lipinski definition) is 0. The van der Waals surface area contributed by atoms with E-state index in [1.54, 1.807) is 0 Å². The van der Waals surface area contributed by atoms with Crippen molar-refractivity contribution in [3.63, 3.8) is 0 Å². The van der Waals surface area contributed by atoms with Gasteiger partial charge in [-0.3, -0.25) is 0 Å². The van der Waals surface area contributed by atoms with Gasteiger partial charge in [-0.05, 0) is 108 Å². The molecule has 1 aromatic heterocycles. The van der Waals surface area contributed by atoms with Gasteiger partial charge in [0.25, 0.3) is 0 Å². The summed E-state index contributed by atoms with van der Waals surface area (Å²) in [6.45, 7) is 11.8. The number of aromatic nitrogens is 2. The molecule has 3 aliphatic rings. The first-order valence-electron chi connectivity index (χ1n) is 16.9. The average molecular weight is 607 g/mol. The number of benzene rings is 5. The van der Waals surface area contributed by atoms with Crippen molar-refractivity contribution in [1.82, 2.24) is 9.97 Å². The van der Waals surface area contributed by atoms with Gasteiger partial charge in [0.15, 0.2) is 5.82 Å². The Labute approximate surface area is 276 Å². The first-order chi connectivity index (χ1) is 22.8. The van der Waals surface area contributed by atoms with Crippen molar-refractivity contribution >= 4 is 28.5 Å². The minimum atomic E-state index is -0.0669. The molecule has 0 aliphatic heterocycles. The van der Waals surface area contributed by atoms with E-state index in [-0.39, 0.29) is 10.8 Å². The van der Waals surface area contributed by atoms with Crippen LogP contribution in [0.25, 0.3) is 62.1 Å². The molecule has 0 saturated carbocycles. The normalized spacial score (nSPS) is 16.7. The molecule has 1 heterocycles. The first kappa shape index (κ1) is 28.2. The molecular weight excluding hydrogens is 569 g/mol. The molecule has 2 heteroatoms. The summed E-state index contributed by atoms with van der Waals surface area (Å²) in [6, 6.07) is 33.5. The number of allylic oxidation sites excluding steroid dienone is 2. The lowest BCUT2D eigenvalue weighted by atomic mass is 9.77. The van der Waals surface area contributed by atoms with Gasteiger partial charge in [0.05, 0.1) is 0 Å². The summed E-state index contributed by atoms with van der Waals surface area (Å²) < 4.78 is 0. The molecule has 0 bridgehead atoms. The van der Waals surface area contributed by atoms with Gasteiger partial charge in [-0.2, -0.15) is 0 Å². The summed E-state index contributed by atoms with van der Waals surface area (Å²) in [5.74, 6) is 0.766. The van der Waals surface area contributed by atoms with E-state index in [4.69, 9.17) is 9.97 Å². The van der Waals surface area contributed by atoms with Crippen LogP contribution in [-0.4, -0.2) is 9.97 Å². The van der Waals surface area contributed by atoms with Crippen molar-refractivity contribution in [3.8, 4) is 33.6 Å². The third-order valence-corrected chi connectivity index (χ3v) is 11.2. The highest BCUT2D eigenvalue weighted by atomic mass is 14.9. The second-order valence-electron chi connectivity index (χ2n) is 14.5. The van der Waals surface area contributed by atoms with Crippen molar-refractivity contribution in [3.05, 3.63) is 147 Å². The second kappa shape index (κ2) is 9.96. The zero-order valence-corrected chi connectivity index (χ0v) is 27.8. The molecular formula is C45H38N2. The molecule has 0 atom stereocenters. The van der Waals surface area contributed by atoms with Crippen LogP contribution in [0.4, 0.5) is 0 Å². The Balaban J connectivity index is 1.21. The minimum Gasteiger partial charge on any atom is -0.236 e. The lowest BCUT2D eigenvalue weighted by Gasteiger charge is -2.26. The highest BCUT2D eigenvalue weighted by Gasteiger charge is 2.42. The van der Waals surface area contributed by atoms with Gasteiger partial charge in [0.2, 0.25) is 0 Å². The molecule has 228 valence electrons. The molecule has 0 saturated heterocycles. The van der Waals surface area contributed by atoms with Gasteiger partial charge in [0, 0.05) is 34.4 Å². The van der Waals surface area contributed by atoms with Crippen LogP contribution in [0.2, 0.25) is 0 Å². The molecule has 0 amide bonds. The van der Waals surface area contributed by atoms with Gasteiger partial charge in [-0.1, -0.05) is 120 Å². The molecule has 5 aromatic carbocycles. The molecule has 3 aliphatic carbocycles. The maximum atomic E-state index is 4.89. The zero-order valence-electron chi connectivity index (χ0n) is 27.8. The van der Waals surface area contributed by atoms with Gasteiger partial charge < -0.3 is 0 Å². The summed E-state index contributed by atoms with van der Waals surface area (Å²) in [5.41, 5.74) is 16.1. The Morgan fingerprint density at radius 1 is 0.660 bits per heavy atom. The van der Waals surface area contributed by atoms with Gasteiger partial charge in [0.1, 0.15) is 0 Å². The highest BCUT2D eigenvalue weighted by molar-refractivity contribution is 6.01. The summed E-state index contributed by atoms with van der Waals surface area (Å²) in [5, 5.41) is 5.18. The SMILES string of the molecule is CCC=c1ccc(-c2ncc(-c3ccccc3)cn2)c2ccc3c(c12)CC1=C(C=3)C(C)(C)c2cc3c(cc21)C(C)(C)c1ccccc1-3. The predicted octanol–water partition coefficient (Wildman–Crippen LogP) is 9.54. The van der Waals surface area contributed by atoms with Crippen LogP contribution in [0.3, 0.4) is 0 Å². The Morgan fingerprint density at radius 3 is 2.17 bits per heavy atom. The third kappa shape index (κ3) is 3.97. The largest absolute Gasteiger partial charge is 0.236 e. The monoisotopic (exact) mass is 606 g/mol. The maximum Gasteiger partial charge on any atom is 0.159 e. The van der Waals surface area contributed by atoms with Crippen molar-refractivity contribution in [2.24, 2.45) is 0 Å². The van der Waals surface area contributed by atoms with Crippen molar-refractivity contribution < 1.29 is 0 Å². The quantitative estimate of drug-likeness (QED) is 0.201. The number of fused-ring (bicyclic) bond motifs is 8. The van der Waals surface area contributed by atoms with Gasteiger partial charge >= 0.3 is 0 Å². The van der Waals surface area contributed by atoms with E-state index in [0.29, 0.717) is 0 Å². The summed E-state index contributed by atoms with van der Waals surface area (Å²) in [7, 11) is 0. The van der Waals surface area contributed by atoms with Crippen molar-refractivity contribution in [2.45, 2.75) is 58.3 Å². The molecule has 0 radical (unpaired) electrons. The first-order valence-corrected chi connectivity index (χ1v) is 16.9. The smallest absolute Gasteiger partial charge is 0.159 e. The lowest BCUT2D eigenvalue weighted by Crippen LogP contribution is -2.23. The summed E-state index contributed by atoms with van der Waals surface area (Å²) >= 11 is 0. The molecule has 47 heavy (non-hydrogen) atoms. The fraction of sp³-hybridized carbons (Fsp3) is 0.200. The van der Waals surface area contributed by atoms with Crippen LogP contribution in [-0.2, 0) is 17.3 Å². The van der Waals surface area contributed by atoms with E-state index < -0.39 is 0 Å². The molecule has 0 N–H and O–H groups in total. The molecule has 6 aromatic rings. The van der Waals surface area contributed by atoms with E-state index >= 15 is 0 Å². The van der Waals surface area contributed by atoms with E-state index in [0.717, 1.165) is 35.4 Å². The maximum absolute atomic E-state index is 4.89. The second-order valence-corrected chi connectivity index (χ2v) is 14.5. The van der Waals surface area contributed by atoms with Gasteiger partial charge in [-0.25, -0.2) is 9.97 Å². The summed E-state index contributed by atoms with van der Waals surface area (Å²) in [6.07, 6.45) is 10.7. The van der Waals surface area contributed by atoms with E-state index in [1.165, 1.54) is 71.3 Å². The van der Waals surface area contributed by atoms with E-state index in [2.05, 4.69) is 132 Å². The highest BCUT2D eigenvalue weighted by Crippen LogP contribution is 2.55. The van der Waals surface area contributed by atoms with Crippen LogP contribution in [0.15, 0.2) is 109 Å². The Morgan fingerprint density at radius 2 is 1.38 bits per heavy atom. The van der Waals surface area contributed by atoms with Crippen LogP contribution < -0.4 is 10.4 Å². The lowest BCUT2D eigenvalue weighted by molar-refractivity contribution is 0.650. The molecule has 2 nitrogen and oxygen atoms in total. The van der Waals surface area contributed by atoms with Crippen LogP contribution in [0, 0.1) is 0 Å². The molecule has 0 spiro atoms. The van der Waals surface area contributed by atoms with Crippen molar-refractivity contribution in [2.75, 3.05) is 0 Å². The van der Waals surface area contributed by atoms with Crippen LogP contribution in [0.5, 0.6) is 0 Å². The van der Waals surface area contributed by atoms with E-state index in [1.807, 2.05) is 18.5 Å². The standard InChI is InChI=1S/C45H38N2/c1-6-12-28-17-20-33(43-46-25-30(26-47-43)27-13-8-7-9-14-27)32-19-18-29-21-39-35(22-34(29)42(28)32)37-24-40-36(23-41(37)45(39,4)5)31-15-10-11-16-38(31)44(40,2)3/h7-21,23-26H,6,22H2,1-5H3. The molecule has 0 fully saturated rings. The molecule has 0 unspecified atom stereocenters. The fourth-order valence-electron chi connectivity index (χ4n) is 8.69. The predicted molar refractivity (Wildman–Crippen MR) is 197 cm³/mol. The van der Waals surface area contributed by atoms with Gasteiger partial charge in [-0.15, -0.1) is 0 Å². The Hall–Kier alpha value is -5.08. The van der Waals surface area contributed by atoms with Crippen molar-refractivity contribution in [1.29, 1.82) is 0 Å². The summed E-state index contributed by atoms with van der Waals surface area (Å²) in [4.78, 5) is 9.78. The number of nitrogens with zero attached hydrogens (tertiary/aromatic N) is 2. The molecule has 9 rings (SSSR count). The minimum absolute atomic E-state index is 0.0222. The number of rotatable bonds is 3. The topological polar surface area (TPSA) is 25.8 Å². The average Bonchev–Trinajstić information content (AvgIpc) is 3.46.